The second-order valence-corrected chi connectivity index (χ2v) is 6.73. The molecule has 3 rings (SSSR count). The van der Waals surface area contributed by atoms with Crippen LogP contribution < -0.4 is 15.0 Å². The molecule has 0 bridgehead atoms. The lowest BCUT2D eigenvalue weighted by atomic mass is 10.2. The van der Waals surface area contributed by atoms with Gasteiger partial charge in [0.2, 0.25) is 0 Å². The van der Waals surface area contributed by atoms with Gasteiger partial charge in [0.05, 0.1) is 7.11 Å². The number of nitrogens with zero attached hydrogens (tertiary/aromatic N) is 2. The number of carbonyl (C=O) groups is 1. The van der Waals surface area contributed by atoms with Gasteiger partial charge in [-0.3, -0.25) is 9.69 Å². The Labute approximate surface area is 159 Å². The Morgan fingerprint density at radius 1 is 1.12 bits per heavy atom. The second kappa shape index (κ2) is 8.92. The van der Waals surface area contributed by atoms with Crippen molar-refractivity contribution in [2.24, 2.45) is 0 Å². The van der Waals surface area contributed by atoms with Gasteiger partial charge in [0.25, 0.3) is 5.91 Å². The summed E-state index contributed by atoms with van der Waals surface area (Å²) in [5.41, 5.74) is 1.83. The molecule has 1 saturated heterocycles. The van der Waals surface area contributed by atoms with Crippen molar-refractivity contribution in [3.8, 4) is 5.75 Å². The Kier molecular flexibility index (Phi) is 6.36. The number of hydrogen-bond acceptors (Lipinski definition) is 4. The van der Waals surface area contributed by atoms with Crippen LogP contribution >= 0.6 is 11.6 Å². The van der Waals surface area contributed by atoms with Crippen LogP contribution in [0.5, 0.6) is 5.75 Å². The average Bonchev–Trinajstić information content (AvgIpc) is 2.69. The van der Waals surface area contributed by atoms with Gasteiger partial charge in [-0.2, -0.15) is 0 Å². The Morgan fingerprint density at radius 2 is 1.85 bits per heavy atom. The molecule has 0 unspecified atom stereocenters. The first kappa shape index (κ1) is 18.5. The van der Waals surface area contributed by atoms with E-state index in [9.17, 15) is 4.79 Å². The minimum atomic E-state index is -0.0586. The van der Waals surface area contributed by atoms with Gasteiger partial charge in [0.1, 0.15) is 5.75 Å². The van der Waals surface area contributed by atoms with E-state index in [1.165, 1.54) is 5.69 Å². The molecule has 0 aromatic heterocycles. The summed E-state index contributed by atoms with van der Waals surface area (Å²) >= 11 is 5.85. The predicted molar refractivity (Wildman–Crippen MR) is 105 cm³/mol. The van der Waals surface area contributed by atoms with Crippen LogP contribution in [0, 0.1) is 0 Å². The highest BCUT2D eigenvalue weighted by atomic mass is 35.5. The van der Waals surface area contributed by atoms with E-state index in [1.54, 1.807) is 31.4 Å². The van der Waals surface area contributed by atoms with Crippen molar-refractivity contribution in [1.82, 2.24) is 10.2 Å². The summed E-state index contributed by atoms with van der Waals surface area (Å²) in [5, 5.41) is 3.60. The lowest BCUT2D eigenvalue weighted by Crippen LogP contribution is -2.48. The van der Waals surface area contributed by atoms with E-state index in [0.29, 0.717) is 17.1 Å². The van der Waals surface area contributed by atoms with Gasteiger partial charge < -0.3 is 15.0 Å². The number of halogens is 1. The molecule has 0 spiro atoms. The molecule has 1 aliphatic heterocycles. The fraction of sp³-hybridized carbons (Fsp3) is 0.350. The Hall–Kier alpha value is -2.24. The third-order valence-electron chi connectivity index (χ3n) is 4.61. The number of methoxy groups -OCH3 is 1. The third kappa shape index (κ3) is 4.90. The molecular weight excluding hydrogens is 350 g/mol. The highest BCUT2D eigenvalue weighted by molar-refractivity contribution is 6.30. The summed E-state index contributed by atoms with van der Waals surface area (Å²) in [7, 11) is 1.69. The van der Waals surface area contributed by atoms with Gasteiger partial charge in [0, 0.05) is 61.6 Å². The largest absolute Gasteiger partial charge is 0.497 e. The topological polar surface area (TPSA) is 44.8 Å². The van der Waals surface area contributed by atoms with Crippen LogP contribution in [-0.4, -0.2) is 57.2 Å². The Balaban J connectivity index is 1.41. The number of rotatable bonds is 6. The van der Waals surface area contributed by atoms with E-state index in [1.807, 2.05) is 12.1 Å². The van der Waals surface area contributed by atoms with E-state index in [2.05, 4.69) is 27.2 Å². The van der Waals surface area contributed by atoms with Gasteiger partial charge in [-0.1, -0.05) is 17.7 Å². The van der Waals surface area contributed by atoms with Crippen LogP contribution in [0.4, 0.5) is 5.69 Å². The number of amides is 1. The van der Waals surface area contributed by atoms with E-state index < -0.39 is 0 Å². The summed E-state index contributed by atoms with van der Waals surface area (Å²) in [6.07, 6.45) is 0. The molecule has 6 heteroatoms. The zero-order valence-electron chi connectivity index (χ0n) is 15.0. The molecular formula is C20H24ClN3O2. The molecule has 0 aliphatic carbocycles. The van der Waals surface area contributed by atoms with Crippen molar-refractivity contribution in [2.45, 2.75) is 0 Å². The van der Waals surface area contributed by atoms with Crippen molar-refractivity contribution in [1.29, 1.82) is 0 Å². The zero-order valence-corrected chi connectivity index (χ0v) is 15.7. The van der Waals surface area contributed by atoms with Crippen LogP contribution in [0.25, 0.3) is 0 Å². The predicted octanol–water partition coefficient (Wildman–Crippen LogP) is 2.90. The SMILES string of the molecule is COc1cccc(N2CCN(CCNC(=O)c3ccc(Cl)cc3)CC2)c1. The Morgan fingerprint density at radius 3 is 2.54 bits per heavy atom. The van der Waals surface area contributed by atoms with Crippen LogP contribution in [0.2, 0.25) is 5.02 Å². The smallest absolute Gasteiger partial charge is 0.251 e. The van der Waals surface area contributed by atoms with Crippen molar-refractivity contribution in [2.75, 3.05) is 51.3 Å². The highest BCUT2D eigenvalue weighted by Crippen LogP contribution is 2.22. The first-order valence-corrected chi connectivity index (χ1v) is 9.18. The quantitative estimate of drug-likeness (QED) is 0.845. The second-order valence-electron chi connectivity index (χ2n) is 6.29. The molecule has 26 heavy (non-hydrogen) atoms. The van der Waals surface area contributed by atoms with Gasteiger partial charge in [-0.05, 0) is 36.4 Å². The summed E-state index contributed by atoms with van der Waals surface area (Å²) in [4.78, 5) is 16.8. The van der Waals surface area contributed by atoms with Gasteiger partial charge in [-0.25, -0.2) is 0 Å². The maximum atomic E-state index is 12.1. The van der Waals surface area contributed by atoms with Crippen molar-refractivity contribution in [3.05, 3.63) is 59.1 Å². The zero-order chi connectivity index (χ0) is 18.4. The molecule has 1 N–H and O–H groups in total. The number of anilines is 1. The standard InChI is InChI=1S/C20H24ClN3O2/c1-26-19-4-2-3-18(15-19)24-13-11-23(12-14-24)10-9-22-20(25)16-5-7-17(21)8-6-16/h2-8,15H,9-14H2,1H3,(H,22,25). The minimum Gasteiger partial charge on any atom is -0.497 e. The van der Waals surface area contributed by atoms with Gasteiger partial charge in [-0.15, -0.1) is 0 Å². The fourth-order valence-electron chi connectivity index (χ4n) is 3.07. The van der Waals surface area contributed by atoms with Crippen molar-refractivity contribution < 1.29 is 9.53 Å². The van der Waals surface area contributed by atoms with Gasteiger partial charge >= 0.3 is 0 Å². The Bertz CT molecular complexity index is 728. The molecule has 0 radical (unpaired) electrons. The number of ether oxygens (including phenoxy) is 1. The van der Waals surface area contributed by atoms with Crippen LogP contribution in [0.3, 0.4) is 0 Å². The lowest BCUT2D eigenvalue weighted by Gasteiger charge is -2.36. The maximum absolute atomic E-state index is 12.1. The van der Waals surface area contributed by atoms with E-state index in [-0.39, 0.29) is 5.91 Å². The summed E-state index contributed by atoms with van der Waals surface area (Å²) in [5.74, 6) is 0.825. The molecule has 138 valence electrons. The number of benzene rings is 2. The molecule has 0 saturated carbocycles. The summed E-state index contributed by atoms with van der Waals surface area (Å²) < 4.78 is 5.30. The van der Waals surface area contributed by atoms with E-state index in [4.69, 9.17) is 16.3 Å². The summed E-state index contributed by atoms with van der Waals surface area (Å²) in [6, 6.07) is 15.1. The molecule has 0 atom stereocenters. The van der Waals surface area contributed by atoms with Crippen molar-refractivity contribution >= 4 is 23.2 Å². The molecule has 1 aliphatic rings. The monoisotopic (exact) mass is 373 g/mol. The van der Waals surface area contributed by atoms with Crippen LogP contribution in [0.15, 0.2) is 48.5 Å². The third-order valence-corrected chi connectivity index (χ3v) is 4.86. The fourth-order valence-corrected chi connectivity index (χ4v) is 3.19. The number of carbonyl (C=O) groups excluding carboxylic acids is 1. The molecule has 2 aromatic rings. The first-order valence-electron chi connectivity index (χ1n) is 8.81. The summed E-state index contributed by atoms with van der Waals surface area (Å²) in [6.45, 7) is 5.39. The average molecular weight is 374 g/mol. The molecule has 1 heterocycles. The number of hydrogen-bond donors (Lipinski definition) is 1. The van der Waals surface area contributed by atoms with Crippen molar-refractivity contribution in [3.63, 3.8) is 0 Å². The van der Waals surface area contributed by atoms with Gasteiger partial charge in [0.15, 0.2) is 0 Å². The number of nitrogens with one attached hydrogen (secondary N) is 1. The maximum Gasteiger partial charge on any atom is 0.251 e. The van der Waals surface area contributed by atoms with Crippen LogP contribution in [-0.2, 0) is 0 Å². The van der Waals surface area contributed by atoms with E-state index in [0.717, 1.165) is 38.5 Å². The lowest BCUT2D eigenvalue weighted by molar-refractivity contribution is 0.0948. The molecule has 1 amide bonds. The normalized spacial score (nSPS) is 14.9. The number of piperazine rings is 1. The minimum absolute atomic E-state index is 0.0586. The van der Waals surface area contributed by atoms with E-state index >= 15 is 0 Å². The molecule has 1 fully saturated rings. The molecule has 2 aromatic carbocycles. The highest BCUT2D eigenvalue weighted by Gasteiger charge is 2.17. The molecule has 5 nitrogen and oxygen atoms in total. The van der Waals surface area contributed by atoms with Crippen LogP contribution in [0.1, 0.15) is 10.4 Å². The first-order chi connectivity index (χ1) is 12.7.